The summed E-state index contributed by atoms with van der Waals surface area (Å²) >= 11 is 0. The van der Waals surface area contributed by atoms with Gasteiger partial charge in [-0.2, -0.15) is 4.31 Å². The van der Waals surface area contributed by atoms with E-state index < -0.39 is 10.0 Å². The molecule has 3 N–H and O–H groups in total. The summed E-state index contributed by atoms with van der Waals surface area (Å²) in [6.45, 7) is 2.09. The molecule has 2 rings (SSSR count). The largest absolute Gasteiger partial charge is 0.352 e. The standard InChI is InChI=1S/C16H25N3O3S/c17-10-4-5-16(20)18-13-14-6-8-15(9-7-14)23(21,22)19-11-2-1-3-12-19/h6-9H,1-5,10-13,17H2,(H,18,20). The summed E-state index contributed by atoms with van der Waals surface area (Å²) in [5.41, 5.74) is 6.24. The van der Waals surface area contributed by atoms with Crippen LogP contribution in [0.2, 0.25) is 0 Å². The molecule has 0 aromatic heterocycles. The third-order valence-electron chi connectivity index (χ3n) is 3.97. The lowest BCUT2D eigenvalue weighted by molar-refractivity contribution is -0.121. The molecule has 1 aromatic carbocycles. The number of amides is 1. The van der Waals surface area contributed by atoms with Gasteiger partial charge in [0.2, 0.25) is 15.9 Å². The Hall–Kier alpha value is -1.44. The van der Waals surface area contributed by atoms with Gasteiger partial charge in [0.25, 0.3) is 0 Å². The van der Waals surface area contributed by atoms with Crippen molar-refractivity contribution < 1.29 is 13.2 Å². The molecule has 1 aromatic rings. The number of sulfonamides is 1. The summed E-state index contributed by atoms with van der Waals surface area (Å²) in [4.78, 5) is 11.9. The summed E-state index contributed by atoms with van der Waals surface area (Å²) in [5, 5.41) is 2.80. The smallest absolute Gasteiger partial charge is 0.243 e. The molecule has 7 heteroatoms. The van der Waals surface area contributed by atoms with Crippen molar-refractivity contribution >= 4 is 15.9 Å². The second-order valence-electron chi connectivity index (χ2n) is 5.78. The van der Waals surface area contributed by atoms with E-state index >= 15 is 0 Å². The Balaban J connectivity index is 1.94. The van der Waals surface area contributed by atoms with Crippen LogP contribution in [-0.4, -0.2) is 38.3 Å². The first-order valence-electron chi connectivity index (χ1n) is 8.10. The number of nitrogens with zero attached hydrogens (tertiary/aromatic N) is 1. The van der Waals surface area contributed by atoms with E-state index in [4.69, 9.17) is 5.73 Å². The third kappa shape index (κ3) is 5.02. The van der Waals surface area contributed by atoms with Crippen LogP contribution < -0.4 is 11.1 Å². The Morgan fingerprint density at radius 1 is 1.13 bits per heavy atom. The van der Waals surface area contributed by atoms with Gasteiger partial charge in [-0.3, -0.25) is 4.79 Å². The molecule has 23 heavy (non-hydrogen) atoms. The summed E-state index contributed by atoms with van der Waals surface area (Å²) in [5.74, 6) is -0.0412. The number of nitrogens with one attached hydrogen (secondary N) is 1. The molecule has 1 aliphatic heterocycles. The first kappa shape index (κ1) is 17.9. The van der Waals surface area contributed by atoms with Crippen LogP contribution in [0.15, 0.2) is 29.2 Å². The van der Waals surface area contributed by atoms with Crippen LogP contribution in [0, 0.1) is 0 Å². The maximum atomic E-state index is 12.5. The van der Waals surface area contributed by atoms with E-state index in [-0.39, 0.29) is 5.91 Å². The average Bonchev–Trinajstić information content (AvgIpc) is 2.59. The van der Waals surface area contributed by atoms with Crippen molar-refractivity contribution in [1.29, 1.82) is 0 Å². The summed E-state index contributed by atoms with van der Waals surface area (Å²) in [6.07, 6.45) is 4.02. The van der Waals surface area contributed by atoms with Crippen LogP contribution in [0.5, 0.6) is 0 Å². The fourth-order valence-electron chi connectivity index (χ4n) is 2.59. The van der Waals surface area contributed by atoms with Crippen molar-refractivity contribution in [1.82, 2.24) is 9.62 Å². The predicted octanol–water partition coefficient (Wildman–Crippen LogP) is 1.22. The maximum Gasteiger partial charge on any atom is 0.243 e. The van der Waals surface area contributed by atoms with Gasteiger partial charge in [-0.15, -0.1) is 0 Å². The molecule has 128 valence electrons. The van der Waals surface area contributed by atoms with Gasteiger partial charge in [0.15, 0.2) is 0 Å². The van der Waals surface area contributed by atoms with Gasteiger partial charge < -0.3 is 11.1 Å². The Kier molecular flexibility index (Phi) is 6.56. The molecule has 1 fully saturated rings. The van der Waals surface area contributed by atoms with Gasteiger partial charge in [0, 0.05) is 26.1 Å². The maximum absolute atomic E-state index is 12.5. The fraction of sp³-hybridized carbons (Fsp3) is 0.562. The molecule has 1 amide bonds. The fourth-order valence-corrected chi connectivity index (χ4v) is 4.10. The Morgan fingerprint density at radius 3 is 2.39 bits per heavy atom. The zero-order chi connectivity index (χ0) is 16.7. The molecule has 0 radical (unpaired) electrons. The first-order valence-corrected chi connectivity index (χ1v) is 9.54. The van der Waals surface area contributed by atoms with Gasteiger partial charge in [-0.25, -0.2) is 8.42 Å². The van der Waals surface area contributed by atoms with Gasteiger partial charge in [-0.05, 0) is 43.5 Å². The van der Waals surface area contributed by atoms with E-state index in [1.807, 2.05) is 0 Å². The molecular formula is C16H25N3O3S. The van der Waals surface area contributed by atoms with Crippen molar-refractivity contribution in [2.45, 2.75) is 43.5 Å². The number of nitrogens with two attached hydrogens (primary N) is 1. The van der Waals surface area contributed by atoms with Crippen LogP contribution in [0.25, 0.3) is 0 Å². The Labute approximate surface area is 138 Å². The van der Waals surface area contributed by atoms with Crippen molar-refractivity contribution in [2.24, 2.45) is 5.73 Å². The molecule has 0 spiro atoms. The number of benzene rings is 1. The highest BCUT2D eigenvalue weighted by Gasteiger charge is 2.25. The number of carbonyl (C=O) groups excluding carboxylic acids is 1. The molecule has 6 nitrogen and oxygen atoms in total. The number of carbonyl (C=O) groups is 1. The molecule has 1 aliphatic rings. The minimum absolute atomic E-state index is 0.0412. The van der Waals surface area contributed by atoms with E-state index in [1.54, 1.807) is 28.6 Å². The summed E-state index contributed by atoms with van der Waals surface area (Å²) < 4.78 is 26.6. The van der Waals surface area contributed by atoms with E-state index in [9.17, 15) is 13.2 Å². The lowest BCUT2D eigenvalue weighted by Crippen LogP contribution is -2.35. The van der Waals surface area contributed by atoms with Crippen LogP contribution in [-0.2, 0) is 21.4 Å². The molecule has 1 heterocycles. The number of rotatable bonds is 7. The minimum atomic E-state index is -3.39. The second-order valence-corrected chi connectivity index (χ2v) is 7.72. The lowest BCUT2D eigenvalue weighted by Gasteiger charge is -2.25. The van der Waals surface area contributed by atoms with Crippen molar-refractivity contribution in [2.75, 3.05) is 19.6 Å². The SMILES string of the molecule is NCCCC(=O)NCc1ccc(S(=O)(=O)N2CCCCC2)cc1. The topological polar surface area (TPSA) is 92.5 Å². The molecule has 0 saturated carbocycles. The number of hydrogen-bond acceptors (Lipinski definition) is 4. The van der Waals surface area contributed by atoms with Crippen molar-refractivity contribution in [3.8, 4) is 0 Å². The van der Waals surface area contributed by atoms with E-state index in [2.05, 4.69) is 5.32 Å². The summed E-state index contributed by atoms with van der Waals surface area (Å²) in [6, 6.07) is 6.73. The number of hydrogen-bond donors (Lipinski definition) is 2. The predicted molar refractivity (Wildman–Crippen MR) is 89.2 cm³/mol. The van der Waals surface area contributed by atoms with E-state index in [0.29, 0.717) is 43.9 Å². The minimum Gasteiger partial charge on any atom is -0.352 e. The molecular weight excluding hydrogens is 314 g/mol. The van der Waals surface area contributed by atoms with Crippen molar-refractivity contribution in [3.05, 3.63) is 29.8 Å². The molecule has 0 unspecified atom stereocenters. The van der Waals surface area contributed by atoms with Crippen LogP contribution >= 0.6 is 0 Å². The van der Waals surface area contributed by atoms with Crippen LogP contribution in [0.1, 0.15) is 37.7 Å². The highest BCUT2D eigenvalue weighted by molar-refractivity contribution is 7.89. The Morgan fingerprint density at radius 2 is 1.78 bits per heavy atom. The first-order chi connectivity index (χ1) is 11.0. The quantitative estimate of drug-likeness (QED) is 0.781. The molecule has 1 saturated heterocycles. The van der Waals surface area contributed by atoms with Gasteiger partial charge in [0.05, 0.1) is 4.90 Å². The van der Waals surface area contributed by atoms with E-state index in [0.717, 1.165) is 24.8 Å². The normalized spacial score (nSPS) is 16.2. The average molecular weight is 339 g/mol. The highest BCUT2D eigenvalue weighted by atomic mass is 32.2. The van der Waals surface area contributed by atoms with Crippen LogP contribution in [0.4, 0.5) is 0 Å². The zero-order valence-electron chi connectivity index (χ0n) is 13.3. The molecule has 0 aliphatic carbocycles. The van der Waals surface area contributed by atoms with E-state index in [1.165, 1.54) is 0 Å². The van der Waals surface area contributed by atoms with Gasteiger partial charge in [-0.1, -0.05) is 18.6 Å². The molecule has 0 atom stereocenters. The second kappa shape index (κ2) is 8.42. The Bertz CT molecular complexity index is 608. The number of piperidine rings is 1. The van der Waals surface area contributed by atoms with Crippen LogP contribution in [0.3, 0.4) is 0 Å². The summed E-state index contributed by atoms with van der Waals surface area (Å²) in [7, 11) is -3.39. The molecule has 0 bridgehead atoms. The third-order valence-corrected chi connectivity index (χ3v) is 5.89. The highest BCUT2D eigenvalue weighted by Crippen LogP contribution is 2.20. The van der Waals surface area contributed by atoms with Gasteiger partial charge in [0.1, 0.15) is 0 Å². The lowest BCUT2D eigenvalue weighted by atomic mass is 10.2. The zero-order valence-corrected chi connectivity index (χ0v) is 14.1. The van der Waals surface area contributed by atoms with Crippen molar-refractivity contribution in [3.63, 3.8) is 0 Å². The van der Waals surface area contributed by atoms with Gasteiger partial charge >= 0.3 is 0 Å². The monoisotopic (exact) mass is 339 g/mol.